The minimum Gasteiger partial charge on any atom is -0.297 e. The van der Waals surface area contributed by atoms with Crippen LogP contribution in [0.2, 0.25) is 0 Å². The molecule has 0 N–H and O–H groups in total. The van der Waals surface area contributed by atoms with Crippen molar-refractivity contribution in [2.24, 2.45) is 4.99 Å². The molecule has 0 amide bonds. The summed E-state index contributed by atoms with van der Waals surface area (Å²) in [5.74, 6) is 0.663. The van der Waals surface area contributed by atoms with E-state index in [1.807, 2.05) is 18.3 Å². The summed E-state index contributed by atoms with van der Waals surface area (Å²) in [6.45, 7) is 0. The third-order valence-electron chi connectivity index (χ3n) is 2.97. The van der Waals surface area contributed by atoms with Crippen LogP contribution in [0, 0.1) is 0 Å². The van der Waals surface area contributed by atoms with E-state index >= 15 is 0 Å². The Morgan fingerprint density at radius 1 is 1.17 bits per heavy atom. The summed E-state index contributed by atoms with van der Waals surface area (Å²) in [5, 5.41) is 0. The van der Waals surface area contributed by atoms with E-state index < -0.39 is 0 Å². The molecule has 0 aliphatic carbocycles. The van der Waals surface area contributed by atoms with Crippen molar-refractivity contribution in [2.45, 2.75) is 12.8 Å². The summed E-state index contributed by atoms with van der Waals surface area (Å²) in [5.41, 5.74) is 3.73. The molecule has 2 aromatic heterocycles. The molecule has 0 radical (unpaired) electrons. The Hall–Kier alpha value is -2.36. The van der Waals surface area contributed by atoms with Crippen LogP contribution in [0.1, 0.15) is 12.0 Å². The Kier molecular flexibility index (Phi) is 2.68. The van der Waals surface area contributed by atoms with Gasteiger partial charge in [-0.2, -0.15) is 0 Å². The Morgan fingerprint density at radius 2 is 2.11 bits per heavy atom. The van der Waals surface area contributed by atoms with Crippen LogP contribution in [0.4, 0.5) is 5.82 Å². The molecule has 0 bridgehead atoms. The van der Waals surface area contributed by atoms with Crippen molar-refractivity contribution < 1.29 is 4.79 Å². The highest BCUT2D eigenvalue weighted by atomic mass is 16.1. The van der Waals surface area contributed by atoms with Crippen LogP contribution in [-0.4, -0.2) is 22.0 Å². The highest BCUT2D eigenvalue weighted by Gasteiger charge is 2.13. The lowest BCUT2D eigenvalue weighted by Gasteiger charge is -2.12. The zero-order valence-electron chi connectivity index (χ0n) is 9.71. The molecule has 1 aliphatic rings. The molecular formula is C14H11N3O. The van der Waals surface area contributed by atoms with Crippen LogP contribution >= 0.6 is 0 Å². The second-order valence-electron chi connectivity index (χ2n) is 4.17. The van der Waals surface area contributed by atoms with Gasteiger partial charge in [0.1, 0.15) is 0 Å². The first-order valence-electron chi connectivity index (χ1n) is 5.79. The number of hydrogen-bond acceptors (Lipinski definition) is 4. The number of pyridine rings is 2. The summed E-state index contributed by atoms with van der Waals surface area (Å²) in [7, 11) is 0. The van der Waals surface area contributed by atoms with Gasteiger partial charge in [0.2, 0.25) is 0 Å². The predicted octanol–water partition coefficient (Wildman–Crippen LogP) is 2.36. The Balaban J connectivity index is 2.03. The van der Waals surface area contributed by atoms with Crippen LogP contribution in [-0.2, 0) is 11.2 Å². The van der Waals surface area contributed by atoms with Crippen molar-refractivity contribution >= 4 is 17.8 Å². The first-order chi connectivity index (χ1) is 8.86. The molecule has 3 rings (SSSR count). The lowest BCUT2D eigenvalue weighted by atomic mass is 10.0. The highest BCUT2D eigenvalue weighted by molar-refractivity contribution is 6.29. The van der Waals surface area contributed by atoms with Crippen molar-refractivity contribution in [1.82, 2.24) is 9.97 Å². The normalized spacial score (nSPS) is 13.7. The predicted molar refractivity (Wildman–Crippen MR) is 68.9 cm³/mol. The number of aryl methyl sites for hydroxylation is 1. The van der Waals surface area contributed by atoms with E-state index in [2.05, 4.69) is 21.0 Å². The van der Waals surface area contributed by atoms with Gasteiger partial charge in [0.25, 0.3) is 0 Å². The third-order valence-corrected chi connectivity index (χ3v) is 2.97. The average molecular weight is 237 g/mol. The number of fused-ring (bicyclic) bond motifs is 1. The van der Waals surface area contributed by atoms with Crippen molar-refractivity contribution in [2.75, 3.05) is 0 Å². The van der Waals surface area contributed by atoms with Gasteiger partial charge < -0.3 is 0 Å². The van der Waals surface area contributed by atoms with E-state index in [4.69, 9.17) is 0 Å². The van der Waals surface area contributed by atoms with Gasteiger partial charge in [-0.15, -0.1) is 0 Å². The van der Waals surface area contributed by atoms with Gasteiger partial charge in [-0.05, 0) is 30.5 Å². The van der Waals surface area contributed by atoms with Crippen molar-refractivity contribution in [3.8, 4) is 11.1 Å². The number of rotatable bonds is 2. The fraction of sp³-hybridized carbons (Fsp3) is 0.143. The number of carbonyl (C=O) groups excluding carboxylic acids is 1. The third kappa shape index (κ3) is 1.93. The molecule has 1 aliphatic heterocycles. The lowest BCUT2D eigenvalue weighted by molar-refractivity contribution is -0.102. The molecule has 0 saturated carbocycles. The average Bonchev–Trinajstić information content (AvgIpc) is 2.47. The minimum absolute atomic E-state index is 0.573. The molecule has 0 fully saturated rings. The molecule has 4 nitrogen and oxygen atoms in total. The molecule has 0 aromatic carbocycles. The molecule has 18 heavy (non-hydrogen) atoms. The topological polar surface area (TPSA) is 55.2 Å². The summed E-state index contributed by atoms with van der Waals surface area (Å²) in [6.07, 6.45) is 7.64. The second-order valence-corrected chi connectivity index (χ2v) is 4.17. The minimum atomic E-state index is 0.573. The molecule has 88 valence electrons. The van der Waals surface area contributed by atoms with Gasteiger partial charge in [0.05, 0.1) is 5.71 Å². The molecule has 4 heteroatoms. The summed E-state index contributed by atoms with van der Waals surface area (Å²) >= 11 is 0. The van der Waals surface area contributed by atoms with Gasteiger partial charge >= 0.3 is 0 Å². The summed E-state index contributed by atoms with van der Waals surface area (Å²) in [4.78, 5) is 23.3. The number of nitrogens with zero attached hydrogens (tertiary/aromatic N) is 3. The Morgan fingerprint density at radius 3 is 2.89 bits per heavy atom. The Bertz CT molecular complexity index is 620. The van der Waals surface area contributed by atoms with E-state index in [9.17, 15) is 4.79 Å². The van der Waals surface area contributed by atoms with Gasteiger partial charge in [-0.3, -0.25) is 9.78 Å². The standard InChI is InChI=1S/C14H11N3O/c18-9-13-4-3-10-6-12(8-16-14(10)17-13)11-2-1-5-15-7-11/h1-2,5-9H,3-4H2. The van der Waals surface area contributed by atoms with Gasteiger partial charge in [0, 0.05) is 29.7 Å². The number of aromatic nitrogens is 2. The number of aliphatic imine (C=N–C) groups is 1. The maximum absolute atomic E-state index is 10.7. The smallest absolute Gasteiger partial charge is 0.164 e. The van der Waals surface area contributed by atoms with E-state index in [0.29, 0.717) is 18.0 Å². The van der Waals surface area contributed by atoms with Gasteiger partial charge in [-0.1, -0.05) is 6.07 Å². The lowest BCUT2D eigenvalue weighted by Crippen LogP contribution is -2.07. The molecule has 0 unspecified atom stereocenters. The Labute approximate surface area is 104 Å². The van der Waals surface area contributed by atoms with Crippen LogP contribution in [0.15, 0.2) is 41.8 Å². The first-order valence-corrected chi connectivity index (χ1v) is 5.79. The zero-order valence-corrected chi connectivity index (χ0v) is 9.71. The fourth-order valence-corrected chi connectivity index (χ4v) is 2.02. The van der Waals surface area contributed by atoms with Gasteiger partial charge in [-0.25, -0.2) is 9.98 Å². The fourth-order valence-electron chi connectivity index (χ4n) is 2.02. The van der Waals surface area contributed by atoms with E-state index in [1.54, 1.807) is 12.4 Å². The molecule has 0 atom stereocenters. The van der Waals surface area contributed by atoms with Crippen molar-refractivity contribution in [1.29, 1.82) is 0 Å². The summed E-state index contributed by atoms with van der Waals surface area (Å²) in [6, 6.07) is 5.97. The first kappa shape index (κ1) is 10.8. The highest BCUT2D eigenvalue weighted by Crippen LogP contribution is 2.27. The van der Waals surface area contributed by atoms with Crippen LogP contribution in [0.3, 0.4) is 0 Å². The van der Waals surface area contributed by atoms with E-state index in [1.165, 1.54) is 0 Å². The maximum atomic E-state index is 10.7. The number of carbonyl (C=O) groups is 1. The van der Waals surface area contributed by atoms with Crippen LogP contribution in [0.5, 0.6) is 0 Å². The molecule has 0 spiro atoms. The van der Waals surface area contributed by atoms with Gasteiger partial charge in [0.15, 0.2) is 12.1 Å². The molecular weight excluding hydrogens is 226 g/mol. The van der Waals surface area contributed by atoms with Crippen molar-refractivity contribution in [3.63, 3.8) is 0 Å². The van der Waals surface area contributed by atoms with Crippen LogP contribution < -0.4 is 0 Å². The largest absolute Gasteiger partial charge is 0.297 e. The summed E-state index contributed by atoms with van der Waals surface area (Å²) < 4.78 is 0. The SMILES string of the molecule is O=CC1=Nc2ncc(-c3cccnc3)cc2CC1. The maximum Gasteiger partial charge on any atom is 0.164 e. The quantitative estimate of drug-likeness (QED) is 0.753. The molecule has 2 aromatic rings. The van der Waals surface area contributed by atoms with Crippen molar-refractivity contribution in [3.05, 3.63) is 42.4 Å². The van der Waals surface area contributed by atoms with E-state index in [0.717, 1.165) is 29.4 Å². The monoisotopic (exact) mass is 237 g/mol. The number of hydrogen-bond donors (Lipinski definition) is 0. The second kappa shape index (κ2) is 4.49. The molecule has 3 heterocycles. The van der Waals surface area contributed by atoms with E-state index in [-0.39, 0.29) is 0 Å². The molecule has 0 saturated heterocycles. The van der Waals surface area contributed by atoms with Crippen LogP contribution in [0.25, 0.3) is 11.1 Å². The zero-order chi connectivity index (χ0) is 12.4. The number of aldehydes is 1.